The van der Waals surface area contributed by atoms with Crippen LogP contribution in [0, 0.1) is 0 Å². The molecular weight excluding hydrogens is 271 g/mol. The number of hydroxylamine groups is 2. The monoisotopic (exact) mass is 291 g/mol. The molecule has 0 aromatic heterocycles. The van der Waals surface area contributed by atoms with Crippen molar-refractivity contribution in [1.29, 1.82) is 0 Å². The molecule has 0 N–H and O–H groups in total. The van der Waals surface area contributed by atoms with E-state index in [9.17, 15) is 9.36 Å². The van der Waals surface area contributed by atoms with Crippen molar-refractivity contribution >= 4 is 14.2 Å². The van der Waals surface area contributed by atoms with Crippen molar-refractivity contribution in [2.24, 2.45) is 0 Å². The molecule has 0 radical (unpaired) electrons. The van der Waals surface area contributed by atoms with Crippen molar-refractivity contribution < 1.29 is 23.2 Å². The number of rotatable bonds is 0. The van der Waals surface area contributed by atoms with Crippen molar-refractivity contribution in [3.63, 3.8) is 0 Å². The number of hydrogen-bond acceptors (Lipinski definition) is 6. The highest BCUT2D eigenvalue weighted by atomic mass is 31.1. The molecule has 19 heavy (non-hydrogen) atoms. The largest absolute Gasteiger partial charge is 0.697 e. The van der Waals surface area contributed by atoms with E-state index in [4.69, 9.17) is 13.9 Å². The summed E-state index contributed by atoms with van der Waals surface area (Å²) in [6, 6.07) is 0. The van der Waals surface area contributed by atoms with E-state index >= 15 is 0 Å². The number of carbonyl (C=O) groups excluding carboxylic acids is 1. The summed E-state index contributed by atoms with van der Waals surface area (Å²) in [6.07, 6.45) is 0. The summed E-state index contributed by atoms with van der Waals surface area (Å²) >= 11 is 0. The minimum absolute atomic E-state index is 0.0298. The zero-order valence-electron chi connectivity index (χ0n) is 11.7. The minimum atomic E-state index is -2.14. The molecule has 0 aromatic carbocycles. The first-order valence-electron chi connectivity index (χ1n) is 6.26. The van der Waals surface area contributed by atoms with E-state index in [-0.39, 0.29) is 25.7 Å². The topological polar surface area (TPSA) is 68.3 Å². The first-order chi connectivity index (χ1) is 8.78. The Bertz CT molecular complexity index is 399. The van der Waals surface area contributed by atoms with Gasteiger partial charge >= 0.3 is 8.25 Å². The Hall–Kier alpha value is -0.590. The molecule has 108 valence electrons. The number of nitrogens with zero attached hydrogens (tertiary/aromatic N) is 2. The van der Waals surface area contributed by atoms with Crippen LogP contribution in [0.1, 0.15) is 27.7 Å². The fourth-order valence-electron chi connectivity index (χ4n) is 2.64. The van der Waals surface area contributed by atoms with Crippen LogP contribution in [0.3, 0.4) is 0 Å². The summed E-state index contributed by atoms with van der Waals surface area (Å²) < 4.78 is 21.4. The van der Waals surface area contributed by atoms with Gasteiger partial charge in [0.1, 0.15) is 24.4 Å². The summed E-state index contributed by atoms with van der Waals surface area (Å²) in [5.41, 5.74) is -1.33. The van der Waals surface area contributed by atoms with Gasteiger partial charge in [0.2, 0.25) is 5.91 Å². The number of hydrogen-bond donors (Lipinski definition) is 0. The predicted molar refractivity (Wildman–Crippen MR) is 67.2 cm³/mol. The zero-order valence-corrected chi connectivity index (χ0v) is 12.6. The quantitative estimate of drug-likeness (QED) is 0.626. The summed E-state index contributed by atoms with van der Waals surface area (Å²) in [4.78, 5) is 19.8. The summed E-state index contributed by atoms with van der Waals surface area (Å²) in [7, 11) is -2.14. The van der Waals surface area contributed by atoms with Crippen LogP contribution in [0.25, 0.3) is 0 Å². The molecule has 0 spiro atoms. The number of amides is 1. The summed E-state index contributed by atoms with van der Waals surface area (Å²) in [5, 5.41) is 1.68. The van der Waals surface area contributed by atoms with E-state index < -0.39 is 19.5 Å². The van der Waals surface area contributed by atoms with Gasteiger partial charge in [-0.25, -0.2) is 0 Å². The van der Waals surface area contributed by atoms with Gasteiger partial charge in [-0.2, -0.15) is 0 Å². The van der Waals surface area contributed by atoms with Crippen molar-refractivity contribution in [1.82, 2.24) is 9.96 Å². The molecule has 0 aromatic rings. The number of carbonyl (C=O) groups is 1. The van der Waals surface area contributed by atoms with E-state index in [1.807, 2.05) is 27.7 Å². The van der Waals surface area contributed by atoms with Crippen LogP contribution in [0.5, 0.6) is 0 Å². The van der Waals surface area contributed by atoms with Crippen LogP contribution in [-0.2, 0) is 23.2 Å². The smallest absolute Gasteiger partial charge is 0.318 e. The van der Waals surface area contributed by atoms with Gasteiger partial charge in [-0.1, -0.05) is 0 Å². The normalized spacial score (nSPS) is 33.1. The molecule has 2 rings (SSSR count). The molecule has 0 saturated carbocycles. The van der Waals surface area contributed by atoms with Gasteiger partial charge in [-0.05, 0) is 27.7 Å². The predicted octanol–water partition coefficient (Wildman–Crippen LogP) is 1.28. The molecule has 2 saturated heterocycles. The van der Waals surface area contributed by atoms with E-state index in [0.29, 0.717) is 6.54 Å². The molecule has 2 aliphatic rings. The molecule has 2 bridgehead atoms. The van der Waals surface area contributed by atoms with Crippen molar-refractivity contribution in [2.45, 2.75) is 38.9 Å². The molecule has 0 aliphatic carbocycles. The van der Waals surface area contributed by atoms with Crippen molar-refractivity contribution in [3.8, 4) is 0 Å². The van der Waals surface area contributed by atoms with Gasteiger partial charge in [0, 0.05) is 4.57 Å². The second-order valence-electron chi connectivity index (χ2n) is 5.53. The molecule has 8 heteroatoms. The molecule has 2 atom stereocenters. The highest BCUT2D eigenvalue weighted by molar-refractivity contribution is 7.33. The van der Waals surface area contributed by atoms with Crippen LogP contribution in [-0.4, -0.2) is 53.4 Å². The van der Waals surface area contributed by atoms with E-state index in [1.165, 1.54) is 0 Å². The molecule has 2 unspecified atom stereocenters. The maximum atomic E-state index is 12.5. The van der Waals surface area contributed by atoms with Gasteiger partial charge in [0.25, 0.3) is 0 Å². The highest BCUT2D eigenvalue weighted by Crippen LogP contribution is 2.39. The Balaban J connectivity index is 2.28. The van der Waals surface area contributed by atoms with Gasteiger partial charge in [0.05, 0.1) is 13.2 Å². The maximum Gasteiger partial charge on any atom is 0.697 e. The first-order valence-corrected chi connectivity index (χ1v) is 7.36. The molecule has 7 nitrogen and oxygen atoms in total. The van der Waals surface area contributed by atoms with Crippen molar-refractivity contribution in [3.05, 3.63) is 0 Å². The average molecular weight is 291 g/mol. The highest BCUT2D eigenvalue weighted by Gasteiger charge is 2.57. The van der Waals surface area contributed by atoms with Crippen molar-refractivity contribution in [2.75, 3.05) is 26.4 Å². The third kappa shape index (κ3) is 2.53. The fraction of sp³-hybridized carbons (Fsp3) is 0.909. The maximum absolute atomic E-state index is 12.5. The van der Waals surface area contributed by atoms with Gasteiger partial charge in [-0.15, -0.1) is 14.1 Å². The van der Waals surface area contributed by atoms with E-state index in [0.717, 1.165) is 0 Å². The molecular formula is C11H20N2O5P+. The molecule has 2 heterocycles. The standard InChI is InChI=1S/C11H20N2O5P/c1-10(2)9(14)12-5-6-17-19(15)18-8-7-16-13(10)11(12,3)4/h5-8H2,1-4H3/q+1. The Morgan fingerprint density at radius 1 is 1.11 bits per heavy atom. The minimum Gasteiger partial charge on any atom is -0.318 e. The summed E-state index contributed by atoms with van der Waals surface area (Å²) in [5.74, 6) is -0.0298. The van der Waals surface area contributed by atoms with Gasteiger partial charge < -0.3 is 4.90 Å². The van der Waals surface area contributed by atoms with E-state index in [1.54, 1.807) is 9.96 Å². The lowest BCUT2D eigenvalue weighted by molar-refractivity contribution is -0.255. The Morgan fingerprint density at radius 2 is 1.74 bits per heavy atom. The second-order valence-corrected chi connectivity index (χ2v) is 6.49. The molecule has 2 aliphatic heterocycles. The molecule has 2 fully saturated rings. The van der Waals surface area contributed by atoms with Crippen LogP contribution >= 0.6 is 8.25 Å². The second kappa shape index (κ2) is 5.07. The van der Waals surface area contributed by atoms with Gasteiger partial charge in [0.15, 0.2) is 0 Å². The van der Waals surface area contributed by atoms with Crippen LogP contribution in [0.2, 0.25) is 0 Å². The van der Waals surface area contributed by atoms with E-state index in [2.05, 4.69) is 0 Å². The SMILES string of the molecule is CC1(C)C(=O)N2CCO[P+](=O)OCCON1C2(C)C. The molecule has 1 amide bonds. The summed E-state index contributed by atoms with van der Waals surface area (Å²) in [6.45, 7) is 8.38. The first kappa shape index (κ1) is 14.8. The third-order valence-corrected chi connectivity index (χ3v) is 4.23. The zero-order chi connectivity index (χ0) is 14.3. The Labute approximate surface area is 113 Å². The van der Waals surface area contributed by atoms with Crippen LogP contribution < -0.4 is 0 Å². The Kier molecular flexibility index (Phi) is 3.95. The lowest BCUT2D eigenvalue weighted by Gasteiger charge is -2.38. The fourth-order valence-corrected chi connectivity index (χ4v) is 3.17. The Morgan fingerprint density at radius 3 is 2.42 bits per heavy atom. The lowest BCUT2D eigenvalue weighted by Crippen LogP contribution is -2.52. The van der Waals surface area contributed by atoms with Gasteiger partial charge in [-0.3, -0.25) is 9.63 Å². The third-order valence-electron chi connectivity index (χ3n) is 3.45. The average Bonchev–Trinajstić information content (AvgIpc) is 2.42. The lowest BCUT2D eigenvalue weighted by atomic mass is 10.1. The van der Waals surface area contributed by atoms with Crippen LogP contribution in [0.15, 0.2) is 0 Å². The van der Waals surface area contributed by atoms with Crippen LogP contribution in [0.4, 0.5) is 0 Å². The number of fused-ring (bicyclic) bond motifs is 2.